The number of rotatable bonds is 6. The third kappa shape index (κ3) is 3.20. The van der Waals surface area contributed by atoms with Crippen molar-refractivity contribution in [2.24, 2.45) is 0 Å². The molecule has 0 aromatic carbocycles. The van der Waals surface area contributed by atoms with Crippen LogP contribution in [0.15, 0.2) is 6.20 Å². The zero-order valence-electron chi connectivity index (χ0n) is 8.55. The molecule has 0 saturated carbocycles. The second kappa shape index (κ2) is 5.42. The van der Waals surface area contributed by atoms with Crippen LogP contribution in [0.2, 0.25) is 0 Å². The first-order valence-corrected chi connectivity index (χ1v) is 5.07. The molecular formula is C10H17N3O. The number of unbranched alkanes of at least 4 members (excludes halogenated alkanes) is 3. The molecule has 3 N–H and O–H groups in total. The zero-order chi connectivity index (χ0) is 10.4. The van der Waals surface area contributed by atoms with Crippen LogP contribution in [0.5, 0.6) is 0 Å². The van der Waals surface area contributed by atoms with Gasteiger partial charge < -0.3 is 10.7 Å². The molecule has 0 spiro atoms. The second-order valence-electron chi connectivity index (χ2n) is 3.42. The molecule has 0 amide bonds. The minimum Gasteiger partial charge on any atom is -0.369 e. The number of nitrogen functional groups attached to an aromatic ring is 1. The van der Waals surface area contributed by atoms with Crippen LogP contribution < -0.4 is 5.73 Å². The standard InChI is InChI=1S/C10H17N3O/c1-2-3-4-5-6-9(14)8-7-12-10(11)13-8/h7H,2-6H2,1H3,(H3,11,12,13). The molecule has 14 heavy (non-hydrogen) atoms. The van der Waals surface area contributed by atoms with E-state index in [2.05, 4.69) is 16.9 Å². The molecule has 1 aromatic rings. The van der Waals surface area contributed by atoms with Crippen LogP contribution >= 0.6 is 0 Å². The lowest BCUT2D eigenvalue weighted by atomic mass is 10.1. The average molecular weight is 195 g/mol. The molecule has 4 heteroatoms. The Morgan fingerprint density at radius 1 is 1.50 bits per heavy atom. The molecule has 78 valence electrons. The molecule has 0 bridgehead atoms. The summed E-state index contributed by atoms with van der Waals surface area (Å²) >= 11 is 0. The maximum absolute atomic E-state index is 11.5. The van der Waals surface area contributed by atoms with Crippen LogP contribution in [0.3, 0.4) is 0 Å². The molecule has 0 atom stereocenters. The van der Waals surface area contributed by atoms with Crippen LogP contribution in [0, 0.1) is 0 Å². The molecule has 4 nitrogen and oxygen atoms in total. The monoisotopic (exact) mass is 195 g/mol. The Kier molecular flexibility index (Phi) is 4.16. The number of anilines is 1. The van der Waals surface area contributed by atoms with E-state index in [1.54, 1.807) is 0 Å². The molecule has 0 aliphatic heterocycles. The summed E-state index contributed by atoms with van der Waals surface area (Å²) in [6.07, 6.45) is 6.53. The molecule has 0 aliphatic rings. The fourth-order valence-electron chi connectivity index (χ4n) is 1.33. The maximum Gasteiger partial charge on any atom is 0.197 e. The Morgan fingerprint density at radius 2 is 2.29 bits per heavy atom. The Hall–Kier alpha value is -1.32. The zero-order valence-corrected chi connectivity index (χ0v) is 8.55. The fourth-order valence-corrected chi connectivity index (χ4v) is 1.33. The van der Waals surface area contributed by atoms with Crippen LogP contribution in [-0.2, 0) is 0 Å². The number of carbonyl (C=O) groups excluding carboxylic acids is 1. The van der Waals surface area contributed by atoms with E-state index in [0.717, 1.165) is 12.8 Å². The van der Waals surface area contributed by atoms with Crippen LogP contribution in [0.1, 0.15) is 49.5 Å². The highest BCUT2D eigenvalue weighted by Gasteiger charge is 2.07. The predicted molar refractivity (Wildman–Crippen MR) is 56.1 cm³/mol. The van der Waals surface area contributed by atoms with E-state index in [9.17, 15) is 4.79 Å². The van der Waals surface area contributed by atoms with Crippen molar-refractivity contribution in [3.05, 3.63) is 11.9 Å². The number of hydrogen-bond donors (Lipinski definition) is 2. The van der Waals surface area contributed by atoms with Gasteiger partial charge in [-0.25, -0.2) is 4.98 Å². The number of nitrogens with two attached hydrogens (primary N) is 1. The van der Waals surface area contributed by atoms with Gasteiger partial charge in [-0.05, 0) is 6.42 Å². The number of H-pyrrole nitrogens is 1. The van der Waals surface area contributed by atoms with E-state index in [1.807, 2.05) is 0 Å². The molecule has 0 fully saturated rings. The first-order chi connectivity index (χ1) is 6.74. The molecule has 1 heterocycles. The number of ketones is 1. The van der Waals surface area contributed by atoms with Crippen molar-refractivity contribution in [3.63, 3.8) is 0 Å². The SMILES string of the molecule is CCCCCCC(=O)c1cnc(N)[nH]1. The summed E-state index contributed by atoms with van der Waals surface area (Å²) in [7, 11) is 0. The number of Topliss-reactive ketones (excluding diaryl/α,β-unsaturated/α-hetero) is 1. The predicted octanol–water partition coefficient (Wildman–Crippen LogP) is 2.15. The number of imidazole rings is 1. The van der Waals surface area contributed by atoms with Crippen molar-refractivity contribution in [2.75, 3.05) is 5.73 Å². The number of hydrogen-bond acceptors (Lipinski definition) is 3. The van der Waals surface area contributed by atoms with Gasteiger partial charge in [-0.3, -0.25) is 4.79 Å². The Morgan fingerprint density at radius 3 is 2.86 bits per heavy atom. The van der Waals surface area contributed by atoms with Gasteiger partial charge in [-0.1, -0.05) is 26.2 Å². The largest absolute Gasteiger partial charge is 0.369 e. The highest BCUT2D eigenvalue weighted by Crippen LogP contribution is 2.08. The van der Waals surface area contributed by atoms with Gasteiger partial charge >= 0.3 is 0 Å². The van der Waals surface area contributed by atoms with Crippen LogP contribution in [0.4, 0.5) is 5.95 Å². The van der Waals surface area contributed by atoms with E-state index in [0.29, 0.717) is 18.1 Å². The third-order valence-electron chi connectivity index (χ3n) is 2.15. The van der Waals surface area contributed by atoms with Gasteiger partial charge in [0.2, 0.25) is 0 Å². The molecule has 1 rings (SSSR count). The molecule has 1 aromatic heterocycles. The first kappa shape index (κ1) is 10.8. The third-order valence-corrected chi connectivity index (χ3v) is 2.15. The van der Waals surface area contributed by atoms with Crippen molar-refractivity contribution in [2.45, 2.75) is 39.0 Å². The summed E-state index contributed by atoms with van der Waals surface area (Å²) in [5, 5.41) is 0. The van der Waals surface area contributed by atoms with Gasteiger partial charge in [0.25, 0.3) is 0 Å². The van der Waals surface area contributed by atoms with E-state index >= 15 is 0 Å². The van der Waals surface area contributed by atoms with Crippen molar-refractivity contribution in [1.29, 1.82) is 0 Å². The Bertz CT molecular complexity index is 293. The lowest BCUT2D eigenvalue weighted by molar-refractivity contribution is 0.0975. The summed E-state index contributed by atoms with van der Waals surface area (Å²) in [6.45, 7) is 2.15. The summed E-state index contributed by atoms with van der Waals surface area (Å²) in [6, 6.07) is 0. The highest BCUT2D eigenvalue weighted by molar-refractivity contribution is 5.94. The summed E-state index contributed by atoms with van der Waals surface area (Å²) in [5.74, 6) is 0.409. The van der Waals surface area contributed by atoms with Crippen molar-refractivity contribution in [3.8, 4) is 0 Å². The molecular weight excluding hydrogens is 178 g/mol. The van der Waals surface area contributed by atoms with Gasteiger partial charge in [0.05, 0.1) is 6.20 Å². The van der Waals surface area contributed by atoms with Crippen LogP contribution in [0.25, 0.3) is 0 Å². The van der Waals surface area contributed by atoms with E-state index in [-0.39, 0.29) is 5.78 Å². The fraction of sp³-hybridized carbons (Fsp3) is 0.600. The topological polar surface area (TPSA) is 71.8 Å². The number of nitrogens with one attached hydrogen (secondary N) is 1. The lowest BCUT2D eigenvalue weighted by Gasteiger charge is -1.97. The van der Waals surface area contributed by atoms with E-state index in [4.69, 9.17) is 5.73 Å². The average Bonchev–Trinajstić information content (AvgIpc) is 2.59. The van der Waals surface area contributed by atoms with Gasteiger partial charge in [0.1, 0.15) is 5.69 Å². The quantitative estimate of drug-likeness (QED) is 0.539. The van der Waals surface area contributed by atoms with Crippen LogP contribution in [-0.4, -0.2) is 15.8 Å². The summed E-state index contributed by atoms with van der Waals surface area (Å²) in [5.41, 5.74) is 5.90. The summed E-state index contributed by atoms with van der Waals surface area (Å²) < 4.78 is 0. The second-order valence-corrected chi connectivity index (χ2v) is 3.42. The van der Waals surface area contributed by atoms with E-state index < -0.39 is 0 Å². The van der Waals surface area contributed by atoms with Crippen molar-refractivity contribution in [1.82, 2.24) is 9.97 Å². The Balaban J connectivity index is 2.29. The van der Waals surface area contributed by atoms with Crippen molar-refractivity contribution < 1.29 is 4.79 Å². The number of carbonyl (C=O) groups is 1. The number of nitrogens with zero attached hydrogens (tertiary/aromatic N) is 1. The maximum atomic E-state index is 11.5. The molecule has 0 aliphatic carbocycles. The molecule has 0 saturated heterocycles. The summed E-state index contributed by atoms with van der Waals surface area (Å²) in [4.78, 5) is 18.0. The Labute approximate surface area is 83.9 Å². The smallest absolute Gasteiger partial charge is 0.197 e. The van der Waals surface area contributed by atoms with Crippen molar-refractivity contribution >= 4 is 11.7 Å². The molecule has 0 radical (unpaired) electrons. The number of aromatic nitrogens is 2. The normalized spacial score (nSPS) is 10.4. The van der Waals surface area contributed by atoms with E-state index in [1.165, 1.54) is 19.0 Å². The van der Waals surface area contributed by atoms with Gasteiger partial charge in [-0.2, -0.15) is 0 Å². The minimum absolute atomic E-state index is 0.102. The minimum atomic E-state index is 0.102. The highest BCUT2D eigenvalue weighted by atomic mass is 16.1. The van der Waals surface area contributed by atoms with Gasteiger partial charge in [-0.15, -0.1) is 0 Å². The molecule has 0 unspecified atom stereocenters. The first-order valence-electron chi connectivity index (χ1n) is 5.07. The van der Waals surface area contributed by atoms with Gasteiger partial charge in [0.15, 0.2) is 11.7 Å². The lowest BCUT2D eigenvalue weighted by Crippen LogP contribution is -1.99. The van der Waals surface area contributed by atoms with Gasteiger partial charge in [0, 0.05) is 6.42 Å². The number of aromatic amines is 1.